The summed E-state index contributed by atoms with van der Waals surface area (Å²) in [6, 6.07) is 0. The van der Waals surface area contributed by atoms with E-state index in [-0.39, 0.29) is 0 Å². The van der Waals surface area contributed by atoms with Crippen molar-refractivity contribution < 1.29 is 4.74 Å². The lowest BCUT2D eigenvalue weighted by atomic mass is 10.4. The molecule has 0 aromatic rings. The van der Waals surface area contributed by atoms with Crippen molar-refractivity contribution in [1.29, 1.82) is 0 Å². The summed E-state index contributed by atoms with van der Waals surface area (Å²) in [6.07, 6.45) is 2.50. The zero-order valence-corrected chi connectivity index (χ0v) is 9.15. The molecule has 12 heavy (non-hydrogen) atoms. The third-order valence-electron chi connectivity index (χ3n) is 1.26. The van der Waals surface area contributed by atoms with Crippen molar-refractivity contribution in [2.45, 2.75) is 40.5 Å². The maximum Gasteiger partial charge on any atom is 0.0437 e. The van der Waals surface area contributed by atoms with E-state index in [0.29, 0.717) is 0 Å². The van der Waals surface area contributed by atoms with Crippen LogP contribution in [0.15, 0.2) is 0 Å². The number of nitrogens with one attached hydrogen (secondary N) is 1. The van der Waals surface area contributed by atoms with Crippen LogP contribution in [0, 0.1) is 0 Å². The third kappa shape index (κ3) is 22.5. The highest BCUT2D eigenvalue weighted by atomic mass is 16.5. The molecule has 0 saturated carbocycles. The van der Waals surface area contributed by atoms with Gasteiger partial charge in [0.25, 0.3) is 0 Å². The average Bonchev–Trinajstić information content (AvgIpc) is 2.08. The van der Waals surface area contributed by atoms with Gasteiger partial charge in [-0.1, -0.05) is 13.8 Å². The summed E-state index contributed by atoms with van der Waals surface area (Å²) in [4.78, 5) is 0. The maximum absolute atomic E-state index is 4.83. The van der Waals surface area contributed by atoms with E-state index in [1.165, 1.54) is 25.9 Å². The average molecular weight is 175 g/mol. The predicted octanol–water partition coefficient (Wildman–Crippen LogP) is 2.44. The van der Waals surface area contributed by atoms with Crippen molar-refractivity contribution in [1.82, 2.24) is 5.32 Å². The summed E-state index contributed by atoms with van der Waals surface area (Å²) in [5, 5.41) is 3.28. The summed E-state index contributed by atoms with van der Waals surface area (Å²) < 4.78 is 4.83. The number of hydrogen-bond donors (Lipinski definition) is 1. The topological polar surface area (TPSA) is 21.3 Å². The summed E-state index contributed by atoms with van der Waals surface area (Å²) in [6.45, 7) is 12.4. The third-order valence-corrected chi connectivity index (χ3v) is 1.26. The molecule has 0 bridgehead atoms. The molecule has 0 heterocycles. The van der Waals surface area contributed by atoms with Gasteiger partial charge >= 0.3 is 0 Å². The maximum atomic E-state index is 4.83. The van der Waals surface area contributed by atoms with Crippen molar-refractivity contribution in [3.05, 3.63) is 0 Å². The summed E-state index contributed by atoms with van der Waals surface area (Å²) in [5.41, 5.74) is 0. The zero-order valence-electron chi connectivity index (χ0n) is 9.15. The number of hydrogen-bond acceptors (Lipinski definition) is 2. The molecule has 0 spiro atoms. The molecule has 76 valence electrons. The smallest absolute Gasteiger partial charge is 0.0437 e. The Hall–Kier alpha value is -0.0800. The van der Waals surface area contributed by atoms with Gasteiger partial charge < -0.3 is 10.1 Å². The lowest BCUT2D eigenvalue weighted by molar-refractivity contribution is 0.162. The van der Waals surface area contributed by atoms with Crippen LogP contribution in [0.4, 0.5) is 0 Å². The predicted molar refractivity (Wildman–Crippen MR) is 55.6 cm³/mol. The van der Waals surface area contributed by atoms with Crippen molar-refractivity contribution >= 4 is 0 Å². The van der Waals surface area contributed by atoms with E-state index in [1.807, 2.05) is 13.8 Å². The minimum Gasteiger partial charge on any atom is -0.382 e. The fraction of sp³-hybridized carbons (Fsp3) is 1.00. The largest absolute Gasteiger partial charge is 0.382 e. The van der Waals surface area contributed by atoms with Gasteiger partial charge in [0.2, 0.25) is 0 Å². The SMILES string of the molecule is CCCNCCC.CCOCC. The molecular weight excluding hydrogens is 150 g/mol. The van der Waals surface area contributed by atoms with Gasteiger partial charge in [-0.05, 0) is 39.8 Å². The van der Waals surface area contributed by atoms with Gasteiger partial charge in [-0.3, -0.25) is 0 Å². The van der Waals surface area contributed by atoms with Crippen molar-refractivity contribution in [2.24, 2.45) is 0 Å². The van der Waals surface area contributed by atoms with E-state index in [1.54, 1.807) is 0 Å². The first kappa shape index (κ1) is 14.4. The van der Waals surface area contributed by atoms with Gasteiger partial charge in [-0.2, -0.15) is 0 Å². The second kappa shape index (κ2) is 17.1. The Morgan fingerprint density at radius 3 is 1.42 bits per heavy atom. The molecule has 0 amide bonds. The van der Waals surface area contributed by atoms with Crippen LogP contribution in [0.3, 0.4) is 0 Å². The highest BCUT2D eigenvalue weighted by Gasteiger charge is 1.76. The Bertz CT molecular complexity index is 51.8. The molecule has 2 nitrogen and oxygen atoms in total. The van der Waals surface area contributed by atoms with Crippen LogP contribution in [0.25, 0.3) is 0 Å². The monoisotopic (exact) mass is 175 g/mol. The molecule has 0 aliphatic carbocycles. The Morgan fingerprint density at radius 1 is 0.833 bits per heavy atom. The highest BCUT2D eigenvalue weighted by Crippen LogP contribution is 1.71. The van der Waals surface area contributed by atoms with Crippen LogP contribution in [0.1, 0.15) is 40.5 Å². The van der Waals surface area contributed by atoms with Crippen molar-refractivity contribution in [2.75, 3.05) is 26.3 Å². The van der Waals surface area contributed by atoms with Gasteiger partial charge in [0, 0.05) is 13.2 Å². The molecule has 0 atom stereocenters. The second-order valence-electron chi connectivity index (χ2n) is 2.53. The summed E-state index contributed by atoms with van der Waals surface area (Å²) in [7, 11) is 0. The fourth-order valence-electron chi connectivity index (χ4n) is 0.683. The highest BCUT2D eigenvalue weighted by molar-refractivity contribution is 4.39. The van der Waals surface area contributed by atoms with Gasteiger partial charge in [-0.25, -0.2) is 0 Å². The van der Waals surface area contributed by atoms with Gasteiger partial charge in [0.05, 0.1) is 0 Å². The molecule has 0 fully saturated rings. The molecular formula is C10H25NO. The Labute approximate surface area is 77.7 Å². The van der Waals surface area contributed by atoms with E-state index in [2.05, 4.69) is 19.2 Å². The van der Waals surface area contributed by atoms with Gasteiger partial charge in [-0.15, -0.1) is 0 Å². The summed E-state index contributed by atoms with van der Waals surface area (Å²) >= 11 is 0. The molecule has 0 saturated heterocycles. The minimum atomic E-state index is 0.844. The first-order valence-corrected chi connectivity index (χ1v) is 5.11. The van der Waals surface area contributed by atoms with Gasteiger partial charge in [0.1, 0.15) is 0 Å². The van der Waals surface area contributed by atoms with Crippen LogP contribution in [-0.2, 0) is 4.74 Å². The molecule has 2 heteroatoms. The number of rotatable bonds is 6. The molecule has 0 rings (SSSR count). The van der Waals surface area contributed by atoms with Crippen LogP contribution in [0.5, 0.6) is 0 Å². The molecule has 1 N–H and O–H groups in total. The molecule has 0 aromatic heterocycles. The molecule has 0 radical (unpaired) electrons. The van der Waals surface area contributed by atoms with E-state index >= 15 is 0 Å². The van der Waals surface area contributed by atoms with E-state index in [0.717, 1.165) is 13.2 Å². The van der Waals surface area contributed by atoms with Crippen LogP contribution < -0.4 is 5.32 Å². The normalized spacial score (nSPS) is 9.00. The minimum absolute atomic E-state index is 0.844. The van der Waals surface area contributed by atoms with E-state index < -0.39 is 0 Å². The quantitative estimate of drug-likeness (QED) is 0.626. The first-order valence-electron chi connectivity index (χ1n) is 5.11. The molecule has 0 aliphatic rings. The standard InChI is InChI=1S/C6H15N.C4H10O/c1-3-5-7-6-4-2;1-3-5-4-2/h7H,3-6H2,1-2H3;3-4H2,1-2H3. The van der Waals surface area contributed by atoms with E-state index in [4.69, 9.17) is 4.74 Å². The number of ether oxygens (including phenoxy) is 1. The second-order valence-corrected chi connectivity index (χ2v) is 2.53. The molecule has 0 aromatic carbocycles. The van der Waals surface area contributed by atoms with Crippen molar-refractivity contribution in [3.63, 3.8) is 0 Å². The lowest BCUT2D eigenvalue weighted by Crippen LogP contribution is -2.14. The van der Waals surface area contributed by atoms with Gasteiger partial charge in [0.15, 0.2) is 0 Å². The van der Waals surface area contributed by atoms with Crippen LogP contribution >= 0.6 is 0 Å². The fourth-order valence-corrected chi connectivity index (χ4v) is 0.683. The Kier molecular flexibility index (Phi) is 20.6. The zero-order chi connectivity index (χ0) is 9.66. The molecule has 0 aliphatic heterocycles. The van der Waals surface area contributed by atoms with Crippen LogP contribution in [0.2, 0.25) is 0 Å². The van der Waals surface area contributed by atoms with E-state index in [9.17, 15) is 0 Å². The van der Waals surface area contributed by atoms with Crippen molar-refractivity contribution in [3.8, 4) is 0 Å². The van der Waals surface area contributed by atoms with Crippen LogP contribution in [-0.4, -0.2) is 26.3 Å². The first-order chi connectivity index (χ1) is 5.83. The summed E-state index contributed by atoms with van der Waals surface area (Å²) in [5.74, 6) is 0. The Morgan fingerprint density at radius 2 is 1.25 bits per heavy atom. The lowest BCUT2D eigenvalue weighted by Gasteiger charge is -1.95. The molecule has 0 unspecified atom stereocenters. The Balaban J connectivity index is 0.